The van der Waals surface area contributed by atoms with Crippen molar-refractivity contribution in [1.29, 1.82) is 0 Å². The third kappa shape index (κ3) is 1.95. The summed E-state index contributed by atoms with van der Waals surface area (Å²) in [6.07, 6.45) is 1.84. The Kier molecular flexibility index (Phi) is 2.71. The first kappa shape index (κ1) is 11.5. The molecule has 1 aromatic carbocycles. The fourth-order valence-corrected chi connectivity index (χ4v) is 3.42. The topological polar surface area (TPSA) is 78.1 Å². The van der Waals surface area contributed by atoms with Gasteiger partial charge in [0.2, 0.25) is 0 Å². The van der Waals surface area contributed by atoms with Crippen LogP contribution in [-0.2, 0) is 10.2 Å². The Bertz CT molecular complexity index is 658. The summed E-state index contributed by atoms with van der Waals surface area (Å²) >= 11 is 0. The molecule has 1 aliphatic heterocycles. The molecule has 1 aromatic heterocycles. The molecule has 0 unspecified atom stereocenters. The van der Waals surface area contributed by atoms with Crippen LogP contribution in [0.4, 0.5) is 5.82 Å². The number of nitrogens with one attached hydrogen (secondary N) is 2. The molecular formula is C11H14N4O2S. The lowest BCUT2D eigenvalue weighted by Crippen LogP contribution is -2.33. The number of H-pyrrole nitrogens is 1. The van der Waals surface area contributed by atoms with Crippen LogP contribution < -0.4 is 4.72 Å². The number of aromatic nitrogens is 2. The van der Waals surface area contributed by atoms with Crippen molar-refractivity contribution in [1.82, 2.24) is 14.5 Å². The zero-order chi connectivity index (χ0) is 12.6. The maximum Gasteiger partial charge on any atom is 0.302 e. The summed E-state index contributed by atoms with van der Waals surface area (Å²) in [6, 6.07) is 7.42. The SMILES string of the molecule is O=S(=O)(Nc1n[nH]c2ccccc12)N1CCCC1. The molecular weight excluding hydrogens is 252 g/mol. The first-order valence-electron chi connectivity index (χ1n) is 5.88. The molecule has 0 bridgehead atoms. The van der Waals surface area contributed by atoms with Gasteiger partial charge in [-0.1, -0.05) is 12.1 Å². The molecule has 0 radical (unpaired) electrons. The fourth-order valence-electron chi connectivity index (χ4n) is 2.16. The van der Waals surface area contributed by atoms with Gasteiger partial charge in [0, 0.05) is 18.5 Å². The number of aromatic amines is 1. The molecule has 1 fully saturated rings. The van der Waals surface area contributed by atoms with Crippen LogP contribution in [0, 0.1) is 0 Å². The second-order valence-corrected chi connectivity index (χ2v) is 6.00. The minimum Gasteiger partial charge on any atom is -0.276 e. The molecule has 0 atom stereocenters. The minimum atomic E-state index is -3.47. The summed E-state index contributed by atoms with van der Waals surface area (Å²) in [5, 5.41) is 7.59. The highest BCUT2D eigenvalue weighted by Gasteiger charge is 2.26. The van der Waals surface area contributed by atoms with Crippen LogP contribution >= 0.6 is 0 Å². The molecule has 96 valence electrons. The Morgan fingerprint density at radius 1 is 1.22 bits per heavy atom. The van der Waals surface area contributed by atoms with Gasteiger partial charge in [-0.05, 0) is 25.0 Å². The van der Waals surface area contributed by atoms with E-state index >= 15 is 0 Å². The molecule has 6 nitrogen and oxygen atoms in total. The lowest BCUT2D eigenvalue weighted by atomic mass is 10.2. The molecule has 7 heteroatoms. The van der Waals surface area contributed by atoms with Crippen molar-refractivity contribution in [2.75, 3.05) is 17.8 Å². The van der Waals surface area contributed by atoms with E-state index in [1.807, 2.05) is 24.3 Å². The van der Waals surface area contributed by atoms with E-state index in [-0.39, 0.29) is 0 Å². The van der Waals surface area contributed by atoms with Gasteiger partial charge in [-0.25, -0.2) is 0 Å². The molecule has 0 spiro atoms. The van der Waals surface area contributed by atoms with Crippen molar-refractivity contribution in [3.8, 4) is 0 Å². The van der Waals surface area contributed by atoms with E-state index in [2.05, 4.69) is 14.9 Å². The molecule has 0 amide bonds. The van der Waals surface area contributed by atoms with E-state index < -0.39 is 10.2 Å². The van der Waals surface area contributed by atoms with Crippen molar-refractivity contribution in [2.24, 2.45) is 0 Å². The highest BCUT2D eigenvalue weighted by atomic mass is 32.2. The van der Waals surface area contributed by atoms with Crippen LogP contribution in [0.2, 0.25) is 0 Å². The van der Waals surface area contributed by atoms with Gasteiger partial charge in [-0.3, -0.25) is 9.82 Å². The van der Waals surface area contributed by atoms with Crippen LogP contribution in [0.1, 0.15) is 12.8 Å². The van der Waals surface area contributed by atoms with E-state index in [1.165, 1.54) is 4.31 Å². The largest absolute Gasteiger partial charge is 0.302 e. The lowest BCUT2D eigenvalue weighted by molar-refractivity contribution is 0.482. The molecule has 2 aromatic rings. The third-order valence-corrected chi connectivity index (χ3v) is 4.60. The number of anilines is 1. The Labute approximate surface area is 105 Å². The molecule has 18 heavy (non-hydrogen) atoms. The van der Waals surface area contributed by atoms with Crippen LogP contribution in [0.15, 0.2) is 24.3 Å². The van der Waals surface area contributed by atoms with Crippen molar-refractivity contribution in [3.63, 3.8) is 0 Å². The van der Waals surface area contributed by atoms with E-state index in [0.717, 1.165) is 23.7 Å². The van der Waals surface area contributed by atoms with Crippen LogP contribution in [0.5, 0.6) is 0 Å². The number of fused-ring (bicyclic) bond motifs is 1. The average Bonchev–Trinajstić information content (AvgIpc) is 2.99. The van der Waals surface area contributed by atoms with Crippen molar-refractivity contribution in [3.05, 3.63) is 24.3 Å². The number of nitrogens with zero attached hydrogens (tertiary/aromatic N) is 2. The first-order chi connectivity index (χ1) is 8.67. The lowest BCUT2D eigenvalue weighted by Gasteiger charge is -2.15. The predicted molar refractivity (Wildman–Crippen MR) is 69.4 cm³/mol. The number of hydrogen-bond donors (Lipinski definition) is 2. The normalized spacial score (nSPS) is 17.3. The second kappa shape index (κ2) is 4.25. The third-order valence-electron chi connectivity index (χ3n) is 3.10. The summed E-state index contributed by atoms with van der Waals surface area (Å²) in [6.45, 7) is 1.16. The Balaban J connectivity index is 1.92. The van der Waals surface area contributed by atoms with Gasteiger partial charge in [-0.2, -0.15) is 17.8 Å². The summed E-state index contributed by atoms with van der Waals surface area (Å²) < 4.78 is 28.2. The molecule has 3 rings (SSSR count). The monoisotopic (exact) mass is 266 g/mol. The first-order valence-corrected chi connectivity index (χ1v) is 7.32. The van der Waals surface area contributed by atoms with Gasteiger partial charge in [0.25, 0.3) is 0 Å². The van der Waals surface area contributed by atoms with Crippen molar-refractivity contribution >= 4 is 26.9 Å². The quantitative estimate of drug-likeness (QED) is 0.879. The van der Waals surface area contributed by atoms with Gasteiger partial charge in [0.1, 0.15) is 0 Å². The van der Waals surface area contributed by atoms with Gasteiger partial charge >= 0.3 is 10.2 Å². The van der Waals surface area contributed by atoms with Gasteiger partial charge < -0.3 is 0 Å². The minimum absolute atomic E-state index is 0.359. The van der Waals surface area contributed by atoms with E-state index in [1.54, 1.807) is 0 Å². The smallest absolute Gasteiger partial charge is 0.276 e. The molecule has 0 saturated carbocycles. The van der Waals surface area contributed by atoms with Crippen molar-refractivity contribution in [2.45, 2.75) is 12.8 Å². The van der Waals surface area contributed by atoms with Crippen LogP contribution in [-0.4, -0.2) is 36.0 Å². The van der Waals surface area contributed by atoms with Crippen LogP contribution in [0.25, 0.3) is 10.9 Å². The second-order valence-electron chi connectivity index (χ2n) is 4.33. The summed E-state index contributed by atoms with van der Waals surface area (Å²) in [5.74, 6) is 0.359. The number of benzene rings is 1. The average molecular weight is 266 g/mol. The Morgan fingerprint density at radius 3 is 2.72 bits per heavy atom. The molecule has 1 aliphatic rings. The van der Waals surface area contributed by atoms with Crippen LogP contribution in [0.3, 0.4) is 0 Å². The van der Waals surface area contributed by atoms with E-state index in [9.17, 15) is 8.42 Å². The summed E-state index contributed by atoms with van der Waals surface area (Å²) in [4.78, 5) is 0. The molecule has 2 N–H and O–H groups in total. The molecule has 0 aliphatic carbocycles. The van der Waals surface area contributed by atoms with Gasteiger partial charge in [0.05, 0.1) is 5.52 Å². The zero-order valence-electron chi connectivity index (χ0n) is 9.76. The highest BCUT2D eigenvalue weighted by molar-refractivity contribution is 7.90. The maximum atomic E-state index is 12.1. The Hall–Kier alpha value is -1.60. The standard InChI is InChI=1S/C11H14N4O2S/c16-18(17,15-7-3-4-8-15)14-11-9-5-1-2-6-10(9)12-13-11/h1-2,5-6H,3-4,7-8H2,(H2,12,13,14). The van der Waals surface area contributed by atoms with Crippen molar-refractivity contribution < 1.29 is 8.42 Å². The number of rotatable bonds is 3. The summed E-state index contributed by atoms with van der Waals surface area (Å²) in [7, 11) is -3.47. The van der Waals surface area contributed by atoms with E-state index in [4.69, 9.17) is 0 Å². The van der Waals surface area contributed by atoms with Gasteiger partial charge in [0.15, 0.2) is 5.82 Å². The predicted octanol–water partition coefficient (Wildman–Crippen LogP) is 1.32. The fraction of sp³-hybridized carbons (Fsp3) is 0.364. The van der Waals surface area contributed by atoms with E-state index in [0.29, 0.717) is 18.9 Å². The molecule has 1 saturated heterocycles. The zero-order valence-corrected chi connectivity index (χ0v) is 10.6. The molecule has 2 heterocycles. The number of hydrogen-bond acceptors (Lipinski definition) is 3. The maximum absolute atomic E-state index is 12.1. The highest BCUT2D eigenvalue weighted by Crippen LogP contribution is 2.22. The summed E-state index contributed by atoms with van der Waals surface area (Å²) in [5.41, 5.74) is 0.816. The number of para-hydroxylation sites is 1. The Morgan fingerprint density at radius 2 is 1.94 bits per heavy atom. The van der Waals surface area contributed by atoms with Gasteiger partial charge in [-0.15, -0.1) is 0 Å².